The highest BCUT2D eigenvalue weighted by molar-refractivity contribution is 7.66. The Hall–Kier alpha value is -1.02. The van der Waals surface area contributed by atoms with Gasteiger partial charge in [-0.2, -0.15) is 8.62 Å². The molecule has 19 heteroatoms. The van der Waals surface area contributed by atoms with Gasteiger partial charge in [0.25, 0.3) is 5.56 Å². The second-order valence-electron chi connectivity index (χ2n) is 5.30. The third-order valence-corrected chi connectivity index (χ3v) is 6.90. The van der Waals surface area contributed by atoms with E-state index in [-0.39, 0.29) is 0 Å². The number of phosphoric acid groups is 3. The summed E-state index contributed by atoms with van der Waals surface area (Å²) in [4.78, 5) is 59.7. The normalized spacial score (nSPS) is 27.2. The van der Waals surface area contributed by atoms with Crippen molar-refractivity contribution in [3.63, 3.8) is 0 Å². The van der Waals surface area contributed by atoms with Crippen molar-refractivity contribution >= 4 is 23.5 Å². The van der Waals surface area contributed by atoms with Crippen LogP contribution in [0.1, 0.15) is 12.6 Å². The maximum absolute atomic E-state index is 14.1. The first kappa shape index (κ1) is 23.3. The van der Waals surface area contributed by atoms with Crippen LogP contribution in [0.5, 0.6) is 0 Å². The molecule has 1 aliphatic heterocycles. The SMILES string of the molecule is O=c1ccn([C@@H]2O[C@H](COP(=O)(O)OP(=O)(O)OP(=O)(O)O)C[C@@H]2F)c(=O)[nH]1. The number of rotatable bonds is 8. The lowest BCUT2D eigenvalue weighted by molar-refractivity contribution is -0.0388. The monoisotopic (exact) mass is 470 g/mol. The largest absolute Gasteiger partial charge is 0.490 e. The fourth-order valence-corrected chi connectivity index (χ4v) is 5.21. The Balaban J connectivity index is 1.98. The van der Waals surface area contributed by atoms with Crippen molar-refractivity contribution in [3.05, 3.63) is 33.1 Å². The molecule has 0 aliphatic carbocycles. The average molecular weight is 470 g/mol. The van der Waals surface area contributed by atoms with Crippen LogP contribution in [0, 0.1) is 0 Å². The molecule has 1 aromatic heterocycles. The Morgan fingerprint density at radius 3 is 2.39 bits per heavy atom. The van der Waals surface area contributed by atoms with E-state index >= 15 is 0 Å². The van der Waals surface area contributed by atoms with E-state index in [9.17, 15) is 32.6 Å². The van der Waals surface area contributed by atoms with Crippen molar-refractivity contribution in [3.8, 4) is 0 Å². The van der Waals surface area contributed by atoms with Crippen molar-refractivity contribution in [2.24, 2.45) is 0 Å². The van der Waals surface area contributed by atoms with E-state index in [0.717, 1.165) is 16.8 Å². The average Bonchev–Trinajstić information content (AvgIpc) is 2.82. The van der Waals surface area contributed by atoms with Crippen molar-refractivity contribution < 1.29 is 55.5 Å². The second-order valence-corrected chi connectivity index (χ2v) is 9.72. The van der Waals surface area contributed by atoms with Gasteiger partial charge in [-0.1, -0.05) is 0 Å². The summed E-state index contributed by atoms with van der Waals surface area (Å²) in [7, 11) is -16.6. The molecule has 1 saturated heterocycles. The molecule has 28 heavy (non-hydrogen) atoms. The van der Waals surface area contributed by atoms with Crippen LogP contribution in [-0.4, -0.2) is 48.0 Å². The number of nitrogens with zero attached hydrogens (tertiary/aromatic N) is 1. The van der Waals surface area contributed by atoms with E-state index in [1.54, 1.807) is 0 Å². The highest BCUT2D eigenvalue weighted by Crippen LogP contribution is 2.66. The topological polar surface area (TPSA) is 224 Å². The fourth-order valence-electron chi connectivity index (χ4n) is 2.16. The summed E-state index contributed by atoms with van der Waals surface area (Å²) >= 11 is 0. The smallest absolute Gasteiger partial charge is 0.349 e. The molecule has 5 atom stereocenters. The van der Waals surface area contributed by atoms with Crippen LogP contribution in [0.15, 0.2) is 21.9 Å². The molecule has 1 fully saturated rings. The van der Waals surface area contributed by atoms with E-state index in [1.807, 2.05) is 4.98 Å². The number of nitrogens with one attached hydrogen (secondary N) is 1. The highest BCUT2D eigenvalue weighted by Gasteiger charge is 2.43. The minimum atomic E-state index is -5.68. The number of aromatic amines is 1. The van der Waals surface area contributed by atoms with Gasteiger partial charge in [0.15, 0.2) is 6.23 Å². The third kappa shape index (κ3) is 6.79. The highest BCUT2D eigenvalue weighted by atomic mass is 31.3. The van der Waals surface area contributed by atoms with Crippen LogP contribution in [0.3, 0.4) is 0 Å². The zero-order chi connectivity index (χ0) is 21.3. The number of ether oxygens (including phenoxy) is 1. The van der Waals surface area contributed by atoms with E-state index in [4.69, 9.17) is 19.4 Å². The molecule has 1 aliphatic rings. The van der Waals surface area contributed by atoms with Crippen molar-refractivity contribution in [2.75, 3.05) is 6.61 Å². The van der Waals surface area contributed by atoms with Gasteiger partial charge in [0, 0.05) is 18.7 Å². The van der Waals surface area contributed by atoms with Gasteiger partial charge in [0.05, 0.1) is 12.7 Å². The van der Waals surface area contributed by atoms with Crippen molar-refractivity contribution in [1.82, 2.24) is 9.55 Å². The van der Waals surface area contributed by atoms with E-state index in [0.29, 0.717) is 0 Å². The van der Waals surface area contributed by atoms with Gasteiger partial charge in [-0.3, -0.25) is 18.9 Å². The molecule has 5 N–H and O–H groups in total. The number of hydrogen-bond donors (Lipinski definition) is 5. The van der Waals surface area contributed by atoms with Crippen LogP contribution in [-0.2, 0) is 31.6 Å². The zero-order valence-electron chi connectivity index (χ0n) is 13.4. The Bertz CT molecular complexity index is 970. The van der Waals surface area contributed by atoms with Crippen LogP contribution >= 0.6 is 23.5 Å². The van der Waals surface area contributed by atoms with Gasteiger partial charge in [-0.15, -0.1) is 0 Å². The molecule has 0 amide bonds. The maximum Gasteiger partial charge on any atom is 0.490 e. The van der Waals surface area contributed by atoms with Gasteiger partial charge >= 0.3 is 29.2 Å². The van der Waals surface area contributed by atoms with Crippen LogP contribution in [0.2, 0.25) is 0 Å². The summed E-state index contributed by atoms with van der Waals surface area (Å²) in [6.07, 6.45) is -3.93. The summed E-state index contributed by atoms with van der Waals surface area (Å²) in [6.45, 7) is -0.862. The Morgan fingerprint density at radius 2 is 1.82 bits per heavy atom. The van der Waals surface area contributed by atoms with Gasteiger partial charge in [-0.05, 0) is 0 Å². The summed E-state index contributed by atoms with van der Waals surface area (Å²) in [5, 5.41) is 0. The zero-order valence-corrected chi connectivity index (χ0v) is 16.1. The minimum absolute atomic E-state index is 0.425. The molecule has 0 spiro atoms. The van der Waals surface area contributed by atoms with Gasteiger partial charge in [-0.25, -0.2) is 22.9 Å². The van der Waals surface area contributed by atoms with E-state index in [2.05, 4.69) is 13.1 Å². The van der Waals surface area contributed by atoms with Crippen LogP contribution in [0.25, 0.3) is 0 Å². The lowest BCUT2D eigenvalue weighted by Crippen LogP contribution is -2.34. The van der Waals surface area contributed by atoms with Gasteiger partial charge in [0.2, 0.25) is 0 Å². The predicted molar refractivity (Wildman–Crippen MR) is 84.6 cm³/mol. The van der Waals surface area contributed by atoms with E-state index in [1.165, 1.54) is 0 Å². The molecule has 0 bridgehead atoms. The molecule has 2 rings (SSSR count). The number of H-pyrrole nitrogens is 1. The van der Waals surface area contributed by atoms with Crippen molar-refractivity contribution in [2.45, 2.75) is 24.9 Å². The number of hydrogen-bond acceptors (Lipinski definition) is 9. The molecule has 2 heterocycles. The number of phosphoric ester groups is 1. The molecule has 0 aromatic carbocycles. The second kappa shape index (κ2) is 8.38. The summed E-state index contributed by atoms with van der Waals surface area (Å²) in [5.41, 5.74) is -1.69. The summed E-state index contributed by atoms with van der Waals surface area (Å²) in [6, 6.07) is 0.941. The summed E-state index contributed by atoms with van der Waals surface area (Å²) in [5.74, 6) is 0. The van der Waals surface area contributed by atoms with Crippen molar-refractivity contribution in [1.29, 1.82) is 0 Å². The standard InChI is InChI=1S/C9H14FN2O13P3/c10-6-3-5(23-8(6)12-2-1-7(13)11-9(12)14)4-22-27(18,19)25-28(20,21)24-26(15,16)17/h1-2,5-6,8H,3-4H2,(H,18,19)(H,20,21)(H,11,13,14)(H2,15,16,17)/t5-,6-,8+/m0/s1. The Kier molecular flexibility index (Phi) is 6.96. The van der Waals surface area contributed by atoms with E-state index < -0.39 is 66.2 Å². The molecule has 1 aromatic rings. The molecule has 2 unspecified atom stereocenters. The third-order valence-electron chi connectivity index (χ3n) is 3.09. The molecule has 0 saturated carbocycles. The molecular formula is C9H14FN2O13P3. The quantitative estimate of drug-likeness (QED) is 0.303. The van der Waals surface area contributed by atoms with Crippen LogP contribution < -0.4 is 11.2 Å². The lowest BCUT2D eigenvalue weighted by atomic mass is 10.2. The maximum atomic E-state index is 14.1. The molecular weight excluding hydrogens is 456 g/mol. The first-order valence-electron chi connectivity index (χ1n) is 7.07. The van der Waals surface area contributed by atoms with Gasteiger partial charge < -0.3 is 24.3 Å². The number of alkyl halides is 1. The first-order chi connectivity index (χ1) is 12.7. The number of aromatic nitrogens is 2. The lowest BCUT2D eigenvalue weighted by Gasteiger charge is -2.18. The summed E-state index contributed by atoms with van der Waals surface area (Å²) < 4.78 is 64.7. The molecule has 0 radical (unpaired) electrons. The minimum Gasteiger partial charge on any atom is -0.349 e. The Labute approximate surface area is 154 Å². The van der Waals surface area contributed by atoms with Crippen LogP contribution in [0.4, 0.5) is 4.39 Å². The fraction of sp³-hybridized carbons (Fsp3) is 0.556. The molecule has 160 valence electrons. The molecule has 15 nitrogen and oxygen atoms in total. The van der Waals surface area contributed by atoms with Gasteiger partial charge in [0.1, 0.15) is 6.17 Å². The first-order valence-corrected chi connectivity index (χ1v) is 11.6. The Morgan fingerprint density at radius 1 is 1.18 bits per heavy atom. The number of halogens is 1. The predicted octanol–water partition coefficient (Wildman–Crippen LogP) is -0.495.